The molecule has 0 saturated heterocycles. The molecule has 0 radical (unpaired) electrons. The molecule has 0 unspecified atom stereocenters. The normalized spacial score (nSPS) is 10.2. The molecular weight excluding hydrogens is 216 g/mol. The molecule has 1 heterocycles. The summed E-state index contributed by atoms with van der Waals surface area (Å²) in [7, 11) is 3.46. The number of rotatable bonds is 3. The number of carbonyl (C=O) groups is 1. The maximum atomic E-state index is 11.3. The van der Waals surface area contributed by atoms with Gasteiger partial charge in [0.25, 0.3) is 0 Å². The van der Waals surface area contributed by atoms with Gasteiger partial charge in [0, 0.05) is 19.5 Å². The highest BCUT2D eigenvalue weighted by atomic mass is 16.1. The van der Waals surface area contributed by atoms with Crippen LogP contribution in [0.3, 0.4) is 0 Å². The number of fused-ring (bicyclic) bond motifs is 1. The van der Waals surface area contributed by atoms with Crippen LogP contribution in [-0.2, 0) is 4.79 Å². The molecule has 2 rings (SSSR count). The highest BCUT2D eigenvalue weighted by Crippen LogP contribution is 2.20. The zero-order chi connectivity index (χ0) is 12.3. The number of likely N-dealkylation sites (N-methyl/N-ethyl adjacent to an activating group) is 2. The third-order valence-electron chi connectivity index (χ3n) is 2.54. The Morgan fingerprint density at radius 3 is 2.88 bits per heavy atom. The van der Waals surface area contributed by atoms with E-state index in [0.29, 0.717) is 0 Å². The summed E-state index contributed by atoms with van der Waals surface area (Å²) in [5.41, 5.74) is 0.876. The zero-order valence-corrected chi connectivity index (χ0v) is 9.84. The van der Waals surface area contributed by atoms with Crippen LogP contribution in [0.2, 0.25) is 0 Å². The van der Waals surface area contributed by atoms with Gasteiger partial charge in [-0.15, -0.1) is 0 Å². The Morgan fingerprint density at radius 1 is 1.35 bits per heavy atom. The highest BCUT2D eigenvalue weighted by Gasteiger charge is 2.10. The summed E-state index contributed by atoms with van der Waals surface area (Å²) in [6, 6.07) is 7.74. The molecule has 0 spiro atoms. The Bertz CT molecular complexity index is 536. The average Bonchev–Trinajstić information content (AvgIpc) is 2.37. The lowest BCUT2D eigenvalue weighted by Crippen LogP contribution is -2.33. The highest BCUT2D eigenvalue weighted by molar-refractivity contribution is 5.91. The Morgan fingerprint density at radius 2 is 2.12 bits per heavy atom. The van der Waals surface area contributed by atoms with Gasteiger partial charge in [-0.2, -0.15) is 0 Å². The lowest BCUT2D eigenvalue weighted by molar-refractivity contribution is -0.119. The van der Waals surface area contributed by atoms with E-state index in [-0.39, 0.29) is 12.5 Å². The maximum Gasteiger partial charge on any atom is 0.239 e. The summed E-state index contributed by atoms with van der Waals surface area (Å²) in [5.74, 6) is 0.717. The fraction of sp³-hybridized carbons (Fsp3) is 0.250. The first-order chi connectivity index (χ1) is 8.22. The van der Waals surface area contributed by atoms with E-state index in [1.807, 2.05) is 36.2 Å². The van der Waals surface area contributed by atoms with Crippen LogP contribution < -0.4 is 10.2 Å². The molecule has 17 heavy (non-hydrogen) atoms. The number of benzene rings is 1. The summed E-state index contributed by atoms with van der Waals surface area (Å²) >= 11 is 0. The molecule has 5 nitrogen and oxygen atoms in total. The zero-order valence-electron chi connectivity index (χ0n) is 9.84. The molecule has 0 aliphatic rings. The monoisotopic (exact) mass is 230 g/mol. The first kappa shape index (κ1) is 11.3. The van der Waals surface area contributed by atoms with Crippen LogP contribution in [0.1, 0.15) is 0 Å². The smallest absolute Gasteiger partial charge is 0.239 e. The summed E-state index contributed by atoms with van der Waals surface area (Å²) in [6.45, 7) is 0.275. The van der Waals surface area contributed by atoms with Crippen molar-refractivity contribution in [1.82, 2.24) is 15.3 Å². The maximum absolute atomic E-state index is 11.3. The van der Waals surface area contributed by atoms with Crippen LogP contribution in [0.25, 0.3) is 10.9 Å². The van der Waals surface area contributed by atoms with Crippen molar-refractivity contribution < 1.29 is 4.79 Å². The van der Waals surface area contributed by atoms with Crippen LogP contribution in [0.4, 0.5) is 5.82 Å². The van der Waals surface area contributed by atoms with Crippen molar-refractivity contribution >= 4 is 22.6 Å². The van der Waals surface area contributed by atoms with Crippen LogP contribution in [0.5, 0.6) is 0 Å². The van der Waals surface area contributed by atoms with Crippen molar-refractivity contribution in [2.75, 3.05) is 25.5 Å². The Balaban J connectivity index is 2.38. The Hall–Kier alpha value is -2.17. The largest absolute Gasteiger partial charge is 0.358 e. The summed E-state index contributed by atoms with van der Waals surface area (Å²) in [5, 5.41) is 3.54. The van der Waals surface area contributed by atoms with Crippen molar-refractivity contribution in [3.63, 3.8) is 0 Å². The SMILES string of the molecule is CNC(=O)CN(C)c1ncnc2ccccc12. The molecule has 0 fully saturated rings. The van der Waals surface area contributed by atoms with E-state index < -0.39 is 0 Å². The second-order valence-corrected chi connectivity index (χ2v) is 3.74. The lowest BCUT2D eigenvalue weighted by atomic mass is 10.2. The first-order valence-electron chi connectivity index (χ1n) is 5.34. The Kier molecular flexibility index (Phi) is 3.18. The van der Waals surface area contributed by atoms with Crippen molar-refractivity contribution in [2.24, 2.45) is 0 Å². The number of anilines is 1. The van der Waals surface area contributed by atoms with E-state index in [9.17, 15) is 4.79 Å². The molecule has 0 bridgehead atoms. The molecule has 1 aromatic heterocycles. The summed E-state index contributed by atoms with van der Waals surface area (Å²) in [4.78, 5) is 21.6. The minimum atomic E-state index is -0.0461. The minimum absolute atomic E-state index is 0.0461. The van der Waals surface area contributed by atoms with E-state index in [1.54, 1.807) is 7.05 Å². The first-order valence-corrected chi connectivity index (χ1v) is 5.34. The molecule has 0 saturated carbocycles. The van der Waals surface area contributed by atoms with Gasteiger partial charge >= 0.3 is 0 Å². The van der Waals surface area contributed by atoms with Gasteiger partial charge in [0.1, 0.15) is 12.1 Å². The van der Waals surface area contributed by atoms with Gasteiger partial charge in [0.15, 0.2) is 0 Å². The minimum Gasteiger partial charge on any atom is -0.358 e. The molecule has 1 aromatic carbocycles. The van der Waals surface area contributed by atoms with Gasteiger partial charge in [-0.1, -0.05) is 12.1 Å². The van der Waals surface area contributed by atoms with Gasteiger partial charge < -0.3 is 10.2 Å². The molecule has 1 amide bonds. The van der Waals surface area contributed by atoms with E-state index in [0.717, 1.165) is 16.7 Å². The predicted molar refractivity (Wildman–Crippen MR) is 66.9 cm³/mol. The van der Waals surface area contributed by atoms with E-state index >= 15 is 0 Å². The molecule has 1 N–H and O–H groups in total. The van der Waals surface area contributed by atoms with Gasteiger partial charge in [-0.05, 0) is 12.1 Å². The molecule has 88 valence electrons. The number of amides is 1. The van der Waals surface area contributed by atoms with Gasteiger partial charge in [0.05, 0.1) is 12.1 Å². The molecule has 2 aromatic rings. The molecule has 5 heteroatoms. The number of aromatic nitrogens is 2. The summed E-state index contributed by atoms with van der Waals surface area (Å²) in [6.07, 6.45) is 1.51. The van der Waals surface area contributed by atoms with E-state index in [2.05, 4.69) is 15.3 Å². The standard InChI is InChI=1S/C12H14N4O/c1-13-11(17)7-16(2)12-9-5-3-4-6-10(9)14-8-15-12/h3-6,8H,7H2,1-2H3,(H,13,17). The fourth-order valence-electron chi connectivity index (χ4n) is 1.66. The number of carbonyl (C=O) groups excluding carboxylic acids is 1. The van der Waals surface area contributed by atoms with Crippen LogP contribution in [0.15, 0.2) is 30.6 Å². The van der Waals surface area contributed by atoms with Crippen LogP contribution >= 0.6 is 0 Å². The number of hydrogen-bond acceptors (Lipinski definition) is 4. The van der Waals surface area contributed by atoms with Crippen LogP contribution in [0, 0.1) is 0 Å². The van der Waals surface area contributed by atoms with Crippen molar-refractivity contribution in [1.29, 1.82) is 0 Å². The summed E-state index contributed by atoms with van der Waals surface area (Å²) < 4.78 is 0. The quantitative estimate of drug-likeness (QED) is 0.847. The van der Waals surface area contributed by atoms with Gasteiger partial charge in [0.2, 0.25) is 5.91 Å². The average molecular weight is 230 g/mol. The lowest BCUT2D eigenvalue weighted by Gasteiger charge is -2.18. The topological polar surface area (TPSA) is 58.1 Å². The number of nitrogens with one attached hydrogen (secondary N) is 1. The predicted octanol–water partition coefficient (Wildman–Crippen LogP) is 0.812. The third-order valence-corrected chi connectivity index (χ3v) is 2.54. The van der Waals surface area contributed by atoms with Crippen molar-refractivity contribution in [2.45, 2.75) is 0 Å². The number of hydrogen-bond donors (Lipinski definition) is 1. The number of nitrogens with zero attached hydrogens (tertiary/aromatic N) is 3. The van der Waals surface area contributed by atoms with Crippen LogP contribution in [-0.4, -0.2) is 36.5 Å². The van der Waals surface area contributed by atoms with Gasteiger partial charge in [-0.3, -0.25) is 4.79 Å². The third kappa shape index (κ3) is 2.33. The molecule has 0 atom stereocenters. The molecular formula is C12H14N4O. The number of para-hydroxylation sites is 1. The van der Waals surface area contributed by atoms with Gasteiger partial charge in [-0.25, -0.2) is 9.97 Å². The van der Waals surface area contributed by atoms with Crippen molar-refractivity contribution in [3.05, 3.63) is 30.6 Å². The second-order valence-electron chi connectivity index (χ2n) is 3.74. The van der Waals surface area contributed by atoms with E-state index in [1.165, 1.54) is 6.33 Å². The Labute approximate surface area is 99.5 Å². The fourth-order valence-corrected chi connectivity index (χ4v) is 1.66. The second kappa shape index (κ2) is 4.78. The van der Waals surface area contributed by atoms with E-state index in [4.69, 9.17) is 0 Å². The molecule has 0 aliphatic carbocycles. The molecule has 0 aliphatic heterocycles. The van der Waals surface area contributed by atoms with Crippen molar-refractivity contribution in [3.8, 4) is 0 Å².